The van der Waals surface area contributed by atoms with E-state index in [4.69, 9.17) is 20.5 Å². The van der Waals surface area contributed by atoms with Gasteiger partial charge in [0.2, 0.25) is 0 Å². The summed E-state index contributed by atoms with van der Waals surface area (Å²) in [5.74, 6) is 0.386. The molecule has 1 amide bonds. The number of nitrogens with two attached hydrogens (primary N) is 1. The van der Waals surface area contributed by atoms with Crippen LogP contribution in [0.15, 0.2) is 18.2 Å². The standard InChI is InChI=1S/C14H19N3O3/c1-19-9-8-17(7-3-6-15)14(18)12-5-4-11(20-2)10-13(12)16/h4-5,10H,3,7-9,16H2,1-2H3. The Morgan fingerprint density at radius 1 is 1.40 bits per heavy atom. The zero-order valence-corrected chi connectivity index (χ0v) is 11.8. The Morgan fingerprint density at radius 3 is 2.70 bits per heavy atom. The minimum atomic E-state index is -0.211. The second-order valence-corrected chi connectivity index (χ2v) is 4.15. The van der Waals surface area contributed by atoms with Crippen molar-refractivity contribution in [2.45, 2.75) is 6.42 Å². The van der Waals surface area contributed by atoms with Crippen molar-refractivity contribution in [3.63, 3.8) is 0 Å². The van der Waals surface area contributed by atoms with Crippen LogP contribution in [-0.4, -0.2) is 44.7 Å². The van der Waals surface area contributed by atoms with E-state index in [0.29, 0.717) is 36.7 Å². The smallest absolute Gasteiger partial charge is 0.256 e. The number of nitrogens with zero attached hydrogens (tertiary/aromatic N) is 2. The van der Waals surface area contributed by atoms with Gasteiger partial charge in [0.05, 0.1) is 31.8 Å². The van der Waals surface area contributed by atoms with E-state index in [9.17, 15) is 4.79 Å². The molecular formula is C14H19N3O3. The maximum atomic E-state index is 12.4. The van der Waals surface area contributed by atoms with Gasteiger partial charge in [-0.05, 0) is 12.1 Å². The first-order valence-corrected chi connectivity index (χ1v) is 6.22. The van der Waals surface area contributed by atoms with E-state index < -0.39 is 0 Å². The molecule has 6 heteroatoms. The van der Waals surface area contributed by atoms with Gasteiger partial charge in [0.15, 0.2) is 0 Å². The van der Waals surface area contributed by atoms with E-state index >= 15 is 0 Å². The minimum absolute atomic E-state index is 0.211. The van der Waals surface area contributed by atoms with E-state index in [0.717, 1.165) is 0 Å². The number of nitriles is 1. The Kier molecular flexibility index (Phi) is 6.33. The largest absolute Gasteiger partial charge is 0.497 e. The number of benzene rings is 1. The SMILES string of the molecule is COCCN(CCC#N)C(=O)c1ccc(OC)cc1N. The lowest BCUT2D eigenvalue weighted by molar-refractivity contribution is 0.0701. The van der Waals surface area contributed by atoms with Crippen LogP contribution >= 0.6 is 0 Å². The topological polar surface area (TPSA) is 88.6 Å². The van der Waals surface area contributed by atoms with Crippen molar-refractivity contribution >= 4 is 11.6 Å². The van der Waals surface area contributed by atoms with Crippen molar-refractivity contribution in [3.8, 4) is 11.8 Å². The van der Waals surface area contributed by atoms with Crippen molar-refractivity contribution in [1.82, 2.24) is 4.90 Å². The molecule has 0 aliphatic carbocycles. The fraction of sp³-hybridized carbons (Fsp3) is 0.429. The number of rotatable bonds is 7. The third kappa shape index (κ3) is 4.14. The Labute approximate surface area is 118 Å². The number of amides is 1. The van der Waals surface area contributed by atoms with Crippen LogP contribution in [-0.2, 0) is 4.74 Å². The number of carbonyl (C=O) groups is 1. The molecule has 0 spiro atoms. The van der Waals surface area contributed by atoms with Crippen molar-refractivity contribution in [2.75, 3.05) is 39.6 Å². The maximum absolute atomic E-state index is 12.4. The van der Waals surface area contributed by atoms with E-state index in [-0.39, 0.29) is 12.3 Å². The average Bonchev–Trinajstić information content (AvgIpc) is 2.46. The number of hydrogen-bond acceptors (Lipinski definition) is 5. The van der Waals surface area contributed by atoms with E-state index in [1.165, 1.54) is 7.11 Å². The van der Waals surface area contributed by atoms with Gasteiger partial charge in [-0.1, -0.05) is 0 Å². The highest BCUT2D eigenvalue weighted by molar-refractivity contribution is 5.99. The van der Waals surface area contributed by atoms with Crippen molar-refractivity contribution in [1.29, 1.82) is 5.26 Å². The van der Waals surface area contributed by atoms with Crippen LogP contribution in [0.4, 0.5) is 5.69 Å². The van der Waals surface area contributed by atoms with Crippen LogP contribution in [0, 0.1) is 11.3 Å². The third-order valence-corrected chi connectivity index (χ3v) is 2.84. The van der Waals surface area contributed by atoms with E-state index in [1.807, 2.05) is 6.07 Å². The molecule has 2 N–H and O–H groups in total. The van der Waals surface area contributed by atoms with Gasteiger partial charge in [0, 0.05) is 32.0 Å². The highest BCUT2D eigenvalue weighted by Crippen LogP contribution is 2.21. The minimum Gasteiger partial charge on any atom is -0.497 e. The molecule has 0 aliphatic rings. The molecule has 0 atom stereocenters. The lowest BCUT2D eigenvalue weighted by atomic mass is 10.1. The van der Waals surface area contributed by atoms with Gasteiger partial charge in [-0.3, -0.25) is 4.79 Å². The highest BCUT2D eigenvalue weighted by Gasteiger charge is 2.18. The highest BCUT2D eigenvalue weighted by atomic mass is 16.5. The Bertz CT molecular complexity index is 497. The molecule has 0 aromatic heterocycles. The van der Waals surface area contributed by atoms with Gasteiger partial charge in [0.1, 0.15) is 5.75 Å². The Balaban J connectivity index is 2.90. The Morgan fingerprint density at radius 2 is 2.15 bits per heavy atom. The molecule has 0 heterocycles. The molecule has 1 rings (SSSR count). The van der Waals surface area contributed by atoms with E-state index in [2.05, 4.69) is 0 Å². The van der Waals surface area contributed by atoms with Crippen LogP contribution in [0.1, 0.15) is 16.8 Å². The zero-order chi connectivity index (χ0) is 15.0. The summed E-state index contributed by atoms with van der Waals surface area (Å²) < 4.78 is 10.0. The molecule has 1 aromatic carbocycles. The average molecular weight is 277 g/mol. The summed E-state index contributed by atoms with van der Waals surface area (Å²) in [5, 5.41) is 8.66. The molecule has 0 fully saturated rings. The second kappa shape index (κ2) is 8.02. The van der Waals surface area contributed by atoms with Gasteiger partial charge < -0.3 is 20.1 Å². The number of methoxy groups -OCH3 is 2. The van der Waals surface area contributed by atoms with Gasteiger partial charge in [-0.2, -0.15) is 5.26 Å². The molecule has 0 saturated carbocycles. The summed E-state index contributed by atoms with van der Waals surface area (Å²) in [7, 11) is 3.10. The number of ether oxygens (including phenoxy) is 2. The number of hydrogen-bond donors (Lipinski definition) is 1. The molecular weight excluding hydrogens is 258 g/mol. The fourth-order valence-corrected chi connectivity index (χ4v) is 1.73. The zero-order valence-electron chi connectivity index (χ0n) is 11.8. The molecule has 108 valence electrons. The van der Waals surface area contributed by atoms with Gasteiger partial charge in [0.25, 0.3) is 5.91 Å². The van der Waals surface area contributed by atoms with Gasteiger partial charge in [-0.15, -0.1) is 0 Å². The van der Waals surface area contributed by atoms with Crippen LogP contribution in [0.5, 0.6) is 5.75 Å². The summed E-state index contributed by atoms with van der Waals surface area (Å²) in [6.45, 7) is 1.18. The van der Waals surface area contributed by atoms with Gasteiger partial charge >= 0.3 is 0 Å². The predicted molar refractivity (Wildman–Crippen MR) is 75.4 cm³/mol. The first kappa shape index (κ1) is 15.8. The van der Waals surface area contributed by atoms with Crippen LogP contribution < -0.4 is 10.5 Å². The molecule has 1 aromatic rings. The van der Waals surface area contributed by atoms with Crippen LogP contribution in [0.3, 0.4) is 0 Å². The molecule has 6 nitrogen and oxygen atoms in total. The molecule has 20 heavy (non-hydrogen) atoms. The summed E-state index contributed by atoms with van der Waals surface area (Å²) in [4.78, 5) is 14.0. The van der Waals surface area contributed by atoms with Crippen LogP contribution in [0.25, 0.3) is 0 Å². The van der Waals surface area contributed by atoms with E-state index in [1.54, 1.807) is 30.2 Å². The van der Waals surface area contributed by atoms with Gasteiger partial charge in [-0.25, -0.2) is 0 Å². The van der Waals surface area contributed by atoms with Crippen molar-refractivity contribution < 1.29 is 14.3 Å². The fourth-order valence-electron chi connectivity index (χ4n) is 1.73. The molecule has 0 saturated heterocycles. The summed E-state index contributed by atoms with van der Waals surface area (Å²) in [6.07, 6.45) is 0.269. The summed E-state index contributed by atoms with van der Waals surface area (Å²) in [6, 6.07) is 6.94. The molecule has 0 unspecified atom stereocenters. The van der Waals surface area contributed by atoms with Crippen molar-refractivity contribution in [3.05, 3.63) is 23.8 Å². The van der Waals surface area contributed by atoms with Crippen LogP contribution in [0.2, 0.25) is 0 Å². The lowest BCUT2D eigenvalue weighted by Gasteiger charge is -2.22. The number of nitrogen functional groups attached to an aromatic ring is 1. The molecule has 0 aliphatic heterocycles. The second-order valence-electron chi connectivity index (χ2n) is 4.15. The first-order valence-electron chi connectivity index (χ1n) is 6.22. The monoisotopic (exact) mass is 277 g/mol. The molecule has 0 radical (unpaired) electrons. The van der Waals surface area contributed by atoms with Crippen molar-refractivity contribution in [2.24, 2.45) is 0 Å². The molecule has 0 bridgehead atoms. The first-order chi connectivity index (χ1) is 9.63. The number of carbonyl (C=O) groups excluding carboxylic acids is 1. The third-order valence-electron chi connectivity index (χ3n) is 2.84. The predicted octanol–water partition coefficient (Wildman–Crippen LogP) is 1.28. The lowest BCUT2D eigenvalue weighted by Crippen LogP contribution is -2.35. The maximum Gasteiger partial charge on any atom is 0.256 e. The normalized spacial score (nSPS) is 9.85. The number of anilines is 1. The Hall–Kier alpha value is -2.26. The quantitative estimate of drug-likeness (QED) is 0.758. The summed E-state index contributed by atoms with van der Waals surface area (Å²) >= 11 is 0. The summed E-state index contributed by atoms with van der Waals surface area (Å²) in [5.41, 5.74) is 6.63.